The minimum Gasteiger partial charge on any atom is -0.381 e. The molecule has 5 heterocycles. The van der Waals surface area contributed by atoms with Crippen LogP contribution in [0.4, 0.5) is 17.6 Å². The van der Waals surface area contributed by atoms with Gasteiger partial charge in [-0.1, -0.05) is 0 Å². The van der Waals surface area contributed by atoms with E-state index in [1.54, 1.807) is 19.5 Å². The molecule has 0 saturated carbocycles. The number of ether oxygens (including phenoxy) is 2. The number of methoxy groups -OCH3 is 1. The number of carbonyl (C=O) groups excluding carboxylic acids is 1. The molecule has 0 bridgehead atoms. The lowest BCUT2D eigenvalue weighted by atomic mass is 10.1. The largest absolute Gasteiger partial charge is 0.381 e. The molecule has 2 aliphatic heterocycles. The molecular weight excluding hydrogens is 446 g/mol. The molecule has 10 heteroatoms. The topological polar surface area (TPSA) is 97.6 Å². The maximum Gasteiger partial charge on any atom is 0.256 e. The fourth-order valence-electron chi connectivity index (χ4n) is 4.74. The molecule has 0 radical (unpaired) electrons. The zero-order valence-corrected chi connectivity index (χ0v) is 20.6. The number of nitrogens with one attached hydrogen (secondary N) is 1. The summed E-state index contributed by atoms with van der Waals surface area (Å²) in [4.78, 5) is 31.1. The van der Waals surface area contributed by atoms with E-state index in [4.69, 9.17) is 14.5 Å². The SMILES string of the molecule is COC1CCN(c2nccc(Nc3cc4c(cn3)c(C(=O)N3CCOCC3)cn4C(C)C)n2)CC1. The van der Waals surface area contributed by atoms with Crippen molar-refractivity contribution in [2.75, 3.05) is 56.7 Å². The van der Waals surface area contributed by atoms with Gasteiger partial charge in [0.25, 0.3) is 5.91 Å². The van der Waals surface area contributed by atoms with Gasteiger partial charge >= 0.3 is 0 Å². The highest BCUT2D eigenvalue weighted by Gasteiger charge is 2.24. The van der Waals surface area contributed by atoms with Gasteiger partial charge in [0.15, 0.2) is 0 Å². The molecule has 0 aromatic carbocycles. The number of hydrogen-bond donors (Lipinski definition) is 1. The van der Waals surface area contributed by atoms with E-state index in [2.05, 4.69) is 38.6 Å². The summed E-state index contributed by atoms with van der Waals surface area (Å²) in [6.07, 6.45) is 7.73. The standard InChI is InChI=1S/C25H33N7O3/c1-17(2)32-16-20(24(33)30-10-12-35-13-11-30)19-15-27-23(14-21(19)32)28-22-4-7-26-25(29-22)31-8-5-18(34-3)6-9-31/h4,7,14-18H,5-6,8-13H2,1-3H3,(H,26,27,28,29). The number of anilines is 3. The third-order valence-corrected chi connectivity index (χ3v) is 6.76. The van der Waals surface area contributed by atoms with E-state index in [1.807, 2.05) is 23.2 Å². The van der Waals surface area contributed by atoms with Crippen LogP contribution in [0.1, 0.15) is 43.1 Å². The van der Waals surface area contributed by atoms with Gasteiger partial charge in [0.05, 0.1) is 30.4 Å². The average Bonchev–Trinajstić information content (AvgIpc) is 3.28. The molecule has 3 aromatic rings. The highest BCUT2D eigenvalue weighted by Crippen LogP contribution is 2.28. The van der Waals surface area contributed by atoms with Crippen LogP contribution in [0.5, 0.6) is 0 Å². The summed E-state index contributed by atoms with van der Waals surface area (Å²) in [5.74, 6) is 2.08. The molecule has 186 valence electrons. The van der Waals surface area contributed by atoms with Gasteiger partial charge in [0, 0.05) is 69.4 Å². The lowest BCUT2D eigenvalue weighted by Crippen LogP contribution is -2.40. The molecule has 0 atom stereocenters. The maximum atomic E-state index is 13.2. The predicted octanol–water partition coefficient (Wildman–Crippen LogP) is 3.24. The number of piperidine rings is 1. The Morgan fingerprint density at radius 1 is 1.14 bits per heavy atom. The Bertz CT molecular complexity index is 1180. The highest BCUT2D eigenvalue weighted by atomic mass is 16.5. The Kier molecular flexibility index (Phi) is 6.83. The molecule has 0 unspecified atom stereocenters. The highest BCUT2D eigenvalue weighted by molar-refractivity contribution is 6.07. The van der Waals surface area contributed by atoms with E-state index in [1.165, 1.54) is 0 Å². The number of rotatable bonds is 6. The van der Waals surface area contributed by atoms with Crippen LogP contribution in [0.3, 0.4) is 0 Å². The molecule has 35 heavy (non-hydrogen) atoms. The predicted molar refractivity (Wildman–Crippen MR) is 134 cm³/mol. The van der Waals surface area contributed by atoms with Gasteiger partial charge in [-0.3, -0.25) is 4.79 Å². The molecule has 2 aliphatic rings. The van der Waals surface area contributed by atoms with Gasteiger partial charge in [0.1, 0.15) is 11.6 Å². The number of nitrogens with zero attached hydrogens (tertiary/aromatic N) is 6. The first kappa shape index (κ1) is 23.5. The number of carbonyl (C=O) groups is 1. The molecule has 5 rings (SSSR count). The van der Waals surface area contributed by atoms with Crippen LogP contribution in [0.2, 0.25) is 0 Å². The van der Waals surface area contributed by atoms with E-state index < -0.39 is 0 Å². The zero-order valence-electron chi connectivity index (χ0n) is 20.6. The van der Waals surface area contributed by atoms with Crippen molar-refractivity contribution >= 4 is 34.4 Å². The fraction of sp³-hybridized carbons (Fsp3) is 0.520. The minimum absolute atomic E-state index is 0.0258. The van der Waals surface area contributed by atoms with Crippen LogP contribution in [0.25, 0.3) is 10.9 Å². The van der Waals surface area contributed by atoms with Crippen LogP contribution in [-0.2, 0) is 9.47 Å². The van der Waals surface area contributed by atoms with Crippen molar-refractivity contribution in [1.82, 2.24) is 24.4 Å². The lowest BCUT2D eigenvalue weighted by Gasteiger charge is -2.31. The molecule has 0 aliphatic carbocycles. The molecule has 3 aromatic heterocycles. The van der Waals surface area contributed by atoms with Gasteiger partial charge < -0.3 is 29.2 Å². The second kappa shape index (κ2) is 10.2. The molecule has 2 saturated heterocycles. The van der Waals surface area contributed by atoms with Crippen molar-refractivity contribution in [2.45, 2.75) is 38.8 Å². The van der Waals surface area contributed by atoms with Gasteiger partial charge in [0.2, 0.25) is 5.95 Å². The molecule has 0 spiro atoms. The average molecular weight is 480 g/mol. The van der Waals surface area contributed by atoms with Crippen LogP contribution in [-0.4, -0.2) is 82.9 Å². The summed E-state index contributed by atoms with van der Waals surface area (Å²) in [5.41, 5.74) is 1.64. The van der Waals surface area contributed by atoms with Crippen molar-refractivity contribution in [1.29, 1.82) is 0 Å². The monoisotopic (exact) mass is 479 g/mol. The summed E-state index contributed by atoms with van der Waals surface area (Å²) in [6, 6.07) is 4.02. The van der Waals surface area contributed by atoms with E-state index in [9.17, 15) is 4.79 Å². The van der Waals surface area contributed by atoms with E-state index in [0.29, 0.717) is 55.6 Å². The number of hydrogen-bond acceptors (Lipinski definition) is 8. The smallest absolute Gasteiger partial charge is 0.256 e. The van der Waals surface area contributed by atoms with Crippen LogP contribution >= 0.6 is 0 Å². The van der Waals surface area contributed by atoms with Crippen molar-refractivity contribution in [3.05, 3.63) is 36.3 Å². The van der Waals surface area contributed by atoms with Crippen molar-refractivity contribution < 1.29 is 14.3 Å². The normalized spacial score (nSPS) is 17.4. The molecule has 1 amide bonds. The van der Waals surface area contributed by atoms with Crippen molar-refractivity contribution in [3.63, 3.8) is 0 Å². The first-order valence-corrected chi connectivity index (χ1v) is 12.3. The number of morpholine rings is 1. The number of pyridine rings is 1. The molecule has 10 nitrogen and oxygen atoms in total. The Balaban J connectivity index is 1.39. The third kappa shape index (κ3) is 4.94. The first-order valence-electron chi connectivity index (χ1n) is 12.3. The van der Waals surface area contributed by atoms with Crippen LogP contribution in [0.15, 0.2) is 30.7 Å². The zero-order chi connectivity index (χ0) is 24.4. The van der Waals surface area contributed by atoms with Crippen LogP contribution in [0, 0.1) is 0 Å². The second-order valence-corrected chi connectivity index (χ2v) is 9.32. The Morgan fingerprint density at radius 3 is 2.63 bits per heavy atom. The number of fused-ring (bicyclic) bond motifs is 1. The Hall–Kier alpha value is -3.24. The maximum absolute atomic E-state index is 13.2. The summed E-state index contributed by atoms with van der Waals surface area (Å²) in [6.45, 7) is 8.33. The second-order valence-electron chi connectivity index (χ2n) is 9.32. The summed E-state index contributed by atoms with van der Waals surface area (Å²) in [7, 11) is 1.77. The van der Waals surface area contributed by atoms with Gasteiger partial charge in [-0.15, -0.1) is 0 Å². The number of aromatic nitrogens is 4. The Labute approximate surface area is 205 Å². The quantitative estimate of drug-likeness (QED) is 0.576. The van der Waals surface area contributed by atoms with E-state index in [0.717, 1.165) is 36.8 Å². The summed E-state index contributed by atoms with van der Waals surface area (Å²) >= 11 is 0. The Morgan fingerprint density at radius 2 is 1.91 bits per heavy atom. The van der Waals surface area contributed by atoms with Crippen molar-refractivity contribution in [2.24, 2.45) is 0 Å². The van der Waals surface area contributed by atoms with Gasteiger partial charge in [-0.05, 0) is 32.8 Å². The molecule has 1 N–H and O–H groups in total. The number of amides is 1. The van der Waals surface area contributed by atoms with Gasteiger partial charge in [-0.2, -0.15) is 4.98 Å². The fourth-order valence-corrected chi connectivity index (χ4v) is 4.74. The first-order chi connectivity index (χ1) is 17.0. The van der Waals surface area contributed by atoms with E-state index >= 15 is 0 Å². The summed E-state index contributed by atoms with van der Waals surface area (Å²) in [5, 5.41) is 4.18. The van der Waals surface area contributed by atoms with Crippen LogP contribution < -0.4 is 10.2 Å². The molecule has 2 fully saturated rings. The third-order valence-electron chi connectivity index (χ3n) is 6.76. The summed E-state index contributed by atoms with van der Waals surface area (Å²) < 4.78 is 13.0. The van der Waals surface area contributed by atoms with Gasteiger partial charge in [-0.25, -0.2) is 9.97 Å². The van der Waals surface area contributed by atoms with E-state index in [-0.39, 0.29) is 11.9 Å². The lowest BCUT2D eigenvalue weighted by molar-refractivity contribution is 0.0304. The molecular formula is C25H33N7O3. The minimum atomic E-state index is 0.0258. The van der Waals surface area contributed by atoms with Crippen molar-refractivity contribution in [3.8, 4) is 0 Å².